The van der Waals surface area contributed by atoms with Crippen molar-refractivity contribution in [2.24, 2.45) is 0 Å². The number of nitrogens with two attached hydrogens (primary N) is 1. The molecule has 2 atom stereocenters. The van der Waals surface area contributed by atoms with Crippen LogP contribution in [0.5, 0.6) is 5.75 Å². The summed E-state index contributed by atoms with van der Waals surface area (Å²) in [5, 5.41) is 10.4. The Morgan fingerprint density at radius 1 is 1.07 bits per heavy atom. The van der Waals surface area contributed by atoms with Crippen LogP contribution in [0.4, 0.5) is 11.9 Å². The van der Waals surface area contributed by atoms with E-state index in [1.165, 1.54) is 16.3 Å². The minimum atomic E-state index is 0.0309. The van der Waals surface area contributed by atoms with Crippen LogP contribution in [0.1, 0.15) is 29.6 Å². The Hall–Kier alpha value is -3.54. The molecular formula is C22H21N5O. The highest BCUT2D eigenvalue weighted by atomic mass is 16.5. The monoisotopic (exact) mass is 371 g/mol. The quantitative estimate of drug-likeness (QED) is 0.565. The molecule has 0 aliphatic carbocycles. The highest BCUT2D eigenvalue weighted by Crippen LogP contribution is 2.40. The number of rotatable bonds is 3. The van der Waals surface area contributed by atoms with E-state index in [2.05, 4.69) is 70.0 Å². The summed E-state index contributed by atoms with van der Waals surface area (Å²) in [6.45, 7) is 0. The number of hydrogen-bond acceptors (Lipinski definition) is 5. The summed E-state index contributed by atoms with van der Waals surface area (Å²) in [6, 6.07) is 23.1. The first-order valence-corrected chi connectivity index (χ1v) is 9.33. The van der Waals surface area contributed by atoms with Crippen molar-refractivity contribution in [2.45, 2.75) is 18.5 Å². The smallest absolute Gasteiger partial charge is 0.241 e. The van der Waals surface area contributed by atoms with E-state index in [-0.39, 0.29) is 18.0 Å². The first kappa shape index (κ1) is 16.6. The molecule has 6 nitrogen and oxygen atoms in total. The molecule has 3 N–H and O–H groups in total. The molecule has 140 valence electrons. The fourth-order valence-electron chi connectivity index (χ4n) is 4.07. The highest BCUT2D eigenvalue weighted by Gasteiger charge is 2.31. The largest absolute Gasteiger partial charge is 0.497 e. The van der Waals surface area contributed by atoms with Gasteiger partial charge in [0.05, 0.1) is 19.2 Å². The number of nitrogens with zero attached hydrogens (tertiary/aromatic N) is 3. The lowest BCUT2D eigenvalue weighted by atomic mass is 9.90. The summed E-state index contributed by atoms with van der Waals surface area (Å²) < 4.78 is 7.32. The van der Waals surface area contributed by atoms with Gasteiger partial charge < -0.3 is 15.8 Å². The Labute approximate surface area is 163 Å². The summed E-state index contributed by atoms with van der Waals surface area (Å²) in [7, 11) is 1.68. The van der Waals surface area contributed by atoms with Gasteiger partial charge in [0.25, 0.3) is 0 Å². The second kappa shape index (κ2) is 6.56. The van der Waals surface area contributed by atoms with Crippen molar-refractivity contribution in [3.63, 3.8) is 0 Å². The molecule has 0 fully saturated rings. The topological polar surface area (TPSA) is 78.0 Å². The summed E-state index contributed by atoms with van der Waals surface area (Å²) in [4.78, 5) is 4.41. The zero-order valence-electron chi connectivity index (χ0n) is 15.5. The lowest BCUT2D eigenvalue weighted by Gasteiger charge is -2.32. The van der Waals surface area contributed by atoms with Crippen LogP contribution in [0.2, 0.25) is 0 Å². The van der Waals surface area contributed by atoms with Gasteiger partial charge in [-0.25, -0.2) is 4.68 Å². The maximum atomic E-state index is 5.94. The fourth-order valence-corrected chi connectivity index (χ4v) is 4.07. The Balaban J connectivity index is 1.63. The normalized spacial score (nSPS) is 18.5. The minimum Gasteiger partial charge on any atom is -0.497 e. The summed E-state index contributed by atoms with van der Waals surface area (Å²) in [5.74, 6) is 1.81. The second-order valence-corrected chi connectivity index (χ2v) is 7.03. The molecule has 1 aliphatic rings. The third-order valence-electron chi connectivity index (χ3n) is 5.38. The van der Waals surface area contributed by atoms with Gasteiger partial charge in [0.1, 0.15) is 5.75 Å². The molecule has 3 aromatic carbocycles. The zero-order valence-corrected chi connectivity index (χ0v) is 15.5. The number of hydrogen-bond donors (Lipinski definition) is 2. The molecule has 6 heteroatoms. The van der Waals surface area contributed by atoms with Crippen LogP contribution >= 0.6 is 0 Å². The van der Waals surface area contributed by atoms with Gasteiger partial charge in [-0.1, -0.05) is 54.6 Å². The van der Waals surface area contributed by atoms with Crippen molar-refractivity contribution in [1.82, 2.24) is 14.8 Å². The van der Waals surface area contributed by atoms with Crippen molar-refractivity contribution in [1.29, 1.82) is 0 Å². The average molecular weight is 371 g/mol. The van der Waals surface area contributed by atoms with Gasteiger partial charge in [-0.3, -0.25) is 0 Å². The summed E-state index contributed by atoms with van der Waals surface area (Å²) in [5.41, 5.74) is 8.31. The van der Waals surface area contributed by atoms with Crippen molar-refractivity contribution >= 4 is 22.7 Å². The molecule has 1 aromatic heterocycles. The standard InChI is InChI=1S/C22H21N5O/c1-28-16-9-4-8-15(12-16)19-13-20(27-22(24-19)25-21(23)26-27)18-11-5-7-14-6-2-3-10-17(14)18/h2-12,19-20H,13H2,1H3,(H3,23,24,25,26)/t19-,20+/m0/s1. The van der Waals surface area contributed by atoms with Crippen molar-refractivity contribution in [3.8, 4) is 5.75 Å². The van der Waals surface area contributed by atoms with Gasteiger partial charge in [0.2, 0.25) is 11.9 Å². The van der Waals surface area contributed by atoms with Crippen LogP contribution in [0.3, 0.4) is 0 Å². The van der Waals surface area contributed by atoms with Gasteiger partial charge in [0.15, 0.2) is 0 Å². The molecule has 0 saturated carbocycles. The maximum absolute atomic E-state index is 5.94. The van der Waals surface area contributed by atoms with E-state index in [9.17, 15) is 0 Å². The van der Waals surface area contributed by atoms with Gasteiger partial charge in [0, 0.05) is 0 Å². The Morgan fingerprint density at radius 3 is 2.79 bits per heavy atom. The van der Waals surface area contributed by atoms with Crippen LogP contribution in [-0.4, -0.2) is 21.9 Å². The Kier molecular flexibility index (Phi) is 3.90. The first-order chi connectivity index (χ1) is 13.7. The van der Waals surface area contributed by atoms with Gasteiger partial charge in [-0.15, -0.1) is 5.10 Å². The Bertz CT molecular complexity index is 1150. The SMILES string of the molecule is COc1cccc([C@@H]2C[C@H](c3cccc4ccccc34)n3nc(N)nc3N2)c1. The van der Waals surface area contributed by atoms with E-state index >= 15 is 0 Å². The molecule has 28 heavy (non-hydrogen) atoms. The fraction of sp³-hybridized carbons (Fsp3) is 0.182. The molecular weight excluding hydrogens is 350 g/mol. The van der Waals surface area contributed by atoms with Crippen molar-refractivity contribution in [3.05, 3.63) is 77.9 Å². The molecule has 2 heterocycles. The van der Waals surface area contributed by atoms with Crippen LogP contribution < -0.4 is 15.8 Å². The molecule has 0 radical (unpaired) electrons. The van der Waals surface area contributed by atoms with E-state index in [1.807, 2.05) is 16.8 Å². The molecule has 5 rings (SSSR count). The van der Waals surface area contributed by atoms with Crippen molar-refractivity contribution in [2.75, 3.05) is 18.2 Å². The van der Waals surface area contributed by atoms with Crippen LogP contribution in [-0.2, 0) is 0 Å². The van der Waals surface area contributed by atoms with Crippen LogP contribution in [0.15, 0.2) is 66.7 Å². The average Bonchev–Trinajstić information content (AvgIpc) is 3.13. The molecule has 1 aliphatic heterocycles. The van der Waals surface area contributed by atoms with Crippen molar-refractivity contribution < 1.29 is 4.74 Å². The minimum absolute atomic E-state index is 0.0309. The second-order valence-electron chi connectivity index (χ2n) is 7.03. The third kappa shape index (κ3) is 2.74. The number of ether oxygens (including phenoxy) is 1. The van der Waals surface area contributed by atoms with Gasteiger partial charge in [-0.05, 0) is 40.5 Å². The number of anilines is 2. The molecule has 0 unspecified atom stereocenters. The molecule has 0 amide bonds. The summed E-state index contributed by atoms with van der Waals surface area (Å²) in [6.07, 6.45) is 0.830. The van der Waals surface area contributed by atoms with E-state index < -0.39 is 0 Å². The lowest BCUT2D eigenvalue weighted by Crippen LogP contribution is -2.28. The van der Waals surface area contributed by atoms with Gasteiger partial charge >= 0.3 is 0 Å². The maximum Gasteiger partial charge on any atom is 0.241 e. The number of methoxy groups -OCH3 is 1. The highest BCUT2D eigenvalue weighted by molar-refractivity contribution is 5.86. The number of nitrogens with one attached hydrogen (secondary N) is 1. The molecule has 0 bridgehead atoms. The lowest BCUT2D eigenvalue weighted by molar-refractivity contribution is 0.410. The van der Waals surface area contributed by atoms with Crippen LogP contribution in [0, 0.1) is 0 Å². The van der Waals surface area contributed by atoms with E-state index in [0.717, 1.165) is 17.7 Å². The van der Waals surface area contributed by atoms with E-state index in [0.29, 0.717) is 5.95 Å². The molecule has 0 saturated heterocycles. The van der Waals surface area contributed by atoms with Crippen LogP contribution in [0.25, 0.3) is 10.8 Å². The number of fused-ring (bicyclic) bond motifs is 2. The third-order valence-corrected chi connectivity index (χ3v) is 5.38. The van der Waals surface area contributed by atoms with E-state index in [4.69, 9.17) is 10.5 Å². The predicted molar refractivity (Wildman–Crippen MR) is 110 cm³/mol. The number of nitrogen functional groups attached to an aromatic ring is 1. The van der Waals surface area contributed by atoms with Gasteiger partial charge in [-0.2, -0.15) is 4.98 Å². The predicted octanol–water partition coefficient (Wildman–Crippen LogP) is 4.17. The number of benzene rings is 3. The Morgan fingerprint density at radius 2 is 1.89 bits per heavy atom. The number of aromatic nitrogens is 3. The zero-order chi connectivity index (χ0) is 19.1. The first-order valence-electron chi connectivity index (χ1n) is 9.33. The van der Waals surface area contributed by atoms with E-state index in [1.54, 1.807) is 7.11 Å². The molecule has 4 aromatic rings. The summed E-state index contributed by atoms with van der Waals surface area (Å²) >= 11 is 0. The molecule has 0 spiro atoms.